The third-order valence-corrected chi connectivity index (χ3v) is 5.67. The molecular weight excluding hydrogens is 364 g/mol. The molecule has 0 radical (unpaired) electrons. The lowest BCUT2D eigenvalue weighted by atomic mass is 9.92. The Hall–Kier alpha value is -2.46. The second-order valence-corrected chi connectivity index (χ2v) is 8.68. The summed E-state index contributed by atoms with van der Waals surface area (Å²) in [6.45, 7) is 8.63. The van der Waals surface area contributed by atoms with E-state index in [2.05, 4.69) is 68.3 Å². The Bertz CT molecular complexity index is 903. The minimum absolute atomic E-state index is 0.00781. The zero-order valence-electron chi connectivity index (χ0n) is 17.0. The highest BCUT2D eigenvalue weighted by molar-refractivity contribution is 7.09. The first-order chi connectivity index (χ1) is 13.4. The molecule has 0 aliphatic carbocycles. The number of aromatic nitrogens is 1. The van der Waals surface area contributed by atoms with Crippen molar-refractivity contribution in [3.05, 3.63) is 81.3 Å². The third-order valence-electron chi connectivity index (χ3n) is 4.78. The van der Waals surface area contributed by atoms with Crippen LogP contribution in [0.5, 0.6) is 0 Å². The molecule has 28 heavy (non-hydrogen) atoms. The Morgan fingerprint density at radius 3 is 2.21 bits per heavy atom. The van der Waals surface area contributed by atoms with Crippen molar-refractivity contribution in [1.82, 2.24) is 4.98 Å². The fraction of sp³-hybridized carbons (Fsp3) is 0.333. The first kappa shape index (κ1) is 20.3. The van der Waals surface area contributed by atoms with Crippen molar-refractivity contribution >= 4 is 22.9 Å². The zero-order valence-corrected chi connectivity index (χ0v) is 17.8. The molecule has 4 heteroatoms. The molecule has 2 aromatic carbocycles. The van der Waals surface area contributed by atoms with Crippen LogP contribution >= 0.6 is 11.3 Å². The first-order valence-corrected chi connectivity index (χ1v) is 10.7. The number of para-hydroxylation sites is 1. The topological polar surface area (TPSA) is 42.0 Å². The van der Waals surface area contributed by atoms with E-state index in [1.807, 2.05) is 23.6 Å². The van der Waals surface area contributed by atoms with Crippen molar-refractivity contribution in [3.63, 3.8) is 0 Å². The predicted octanol–water partition coefficient (Wildman–Crippen LogP) is 6.16. The SMILES string of the molecule is CC(C)c1cccc(C(C)C)c1NC(=O)Cc1csc(Cc2ccccc2)n1. The summed E-state index contributed by atoms with van der Waals surface area (Å²) in [7, 11) is 0. The standard InChI is InChI=1S/C24H28N2OS/c1-16(2)20-11-8-12-21(17(3)4)24(20)26-22(27)14-19-15-28-23(25-19)13-18-9-6-5-7-10-18/h5-12,15-17H,13-14H2,1-4H3,(H,26,27). The number of nitrogens with one attached hydrogen (secondary N) is 1. The van der Waals surface area contributed by atoms with Crippen LogP contribution in [0.15, 0.2) is 53.9 Å². The van der Waals surface area contributed by atoms with Gasteiger partial charge in [0.1, 0.15) is 0 Å². The smallest absolute Gasteiger partial charge is 0.230 e. The molecule has 3 aromatic rings. The fourth-order valence-corrected chi connectivity index (χ4v) is 4.15. The number of thiazole rings is 1. The van der Waals surface area contributed by atoms with E-state index in [1.165, 1.54) is 16.7 Å². The van der Waals surface area contributed by atoms with Crippen molar-refractivity contribution in [3.8, 4) is 0 Å². The predicted molar refractivity (Wildman–Crippen MR) is 118 cm³/mol. The highest BCUT2D eigenvalue weighted by Gasteiger charge is 2.17. The maximum absolute atomic E-state index is 12.8. The first-order valence-electron chi connectivity index (χ1n) is 9.84. The number of benzene rings is 2. The van der Waals surface area contributed by atoms with Crippen LogP contribution in [0.4, 0.5) is 5.69 Å². The molecule has 1 heterocycles. The zero-order chi connectivity index (χ0) is 20.1. The quantitative estimate of drug-likeness (QED) is 0.523. The van der Waals surface area contributed by atoms with Gasteiger partial charge in [-0.3, -0.25) is 4.79 Å². The molecule has 3 rings (SSSR count). The molecule has 0 saturated carbocycles. The molecule has 1 N–H and O–H groups in total. The molecule has 0 bridgehead atoms. The summed E-state index contributed by atoms with van der Waals surface area (Å²) in [5, 5.41) is 6.21. The van der Waals surface area contributed by atoms with Gasteiger partial charge in [0.05, 0.1) is 17.1 Å². The molecule has 3 nitrogen and oxygen atoms in total. The van der Waals surface area contributed by atoms with Crippen molar-refractivity contribution in [2.24, 2.45) is 0 Å². The van der Waals surface area contributed by atoms with Gasteiger partial charge in [0.25, 0.3) is 0 Å². The summed E-state index contributed by atoms with van der Waals surface area (Å²) in [5.41, 5.74) is 5.41. The Balaban J connectivity index is 1.71. The lowest BCUT2D eigenvalue weighted by Gasteiger charge is -2.20. The largest absolute Gasteiger partial charge is 0.325 e. The highest BCUT2D eigenvalue weighted by atomic mass is 32.1. The van der Waals surface area contributed by atoms with E-state index in [-0.39, 0.29) is 5.91 Å². The minimum Gasteiger partial charge on any atom is -0.325 e. The van der Waals surface area contributed by atoms with E-state index in [4.69, 9.17) is 0 Å². The van der Waals surface area contributed by atoms with E-state index < -0.39 is 0 Å². The maximum Gasteiger partial charge on any atom is 0.230 e. The second-order valence-electron chi connectivity index (χ2n) is 7.74. The molecule has 1 aromatic heterocycles. The van der Waals surface area contributed by atoms with Gasteiger partial charge in [-0.05, 0) is 28.5 Å². The molecule has 0 unspecified atom stereocenters. The number of nitrogens with zero attached hydrogens (tertiary/aromatic N) is 1. The van der Waals surface area contributed by atoms with Gasteiger partial charge in [0.2, 0.25) is 5.91 Å². The number of rotatable bonds is 7. The summed E-state index contributed by atoms with van der Waals surface area (Å²) in [5.74, 6) is 0.697. The third kappa shape index (κ3) is 5.08. The van der Waals surface area contributed by atoms with Crippen LogP contribution in [-0.4, -0.2) is 10.9 Å². The molecule has 0 saturated heterocycles. The van der Waals surface area contributed by atoms with Crippen LogP contribution in [0.25, 0.3) is 0 Å². The van der Waals surface area contributed by atoms with E-state index in [9.17, 15) is 4.79 Å². The van der Waals surface area contributed by atoms with E-state index in [1.54, 1.807) is 11.3 Å². The van der Waals surface area contributed by atoms with E-state index in [0.29, 0.717) is 18.3 Å². The number of amides is 1. The van der Waals surface area contributed by atoms with Crippen LogP contribution in [0.2, 0.25) is 0 Å². The van der Waals surface area contributed by atoms with Crippen LogP contribution in [0.3, 0.4) is 0 Å². The van der Waals surface area contributed by atoms with Gasteiger partial charge < -0.3 is 5.32 Å². The van der Waals surface area contributed by atoms with Gasteiger partial charge >= 0.3 is 0 Å². The van der Waals surface area contributed by atoms with E-state index in [0.717, 1.165) is 22.8 Å². The van der Waals surface area contributed by atoms with Gasteiger partial charge in [0, 0.05) is 17.5 Å². The molecule has 0 aliphatic heterocycles. The van der Waals surface area contributed by atoms with Crippen molar-refractivity contribution in [2.45, 2.75) is 52.4 Å². The van der Waals surface area contributed by atoms with Crippen LogP contribution in [0, 0.1) is 0 Å². The number of hydrogen-bond acceptors (Lipinski definition) is 3. The molecular formula is C24H28N2OS. The number of hydrogen-bond donors (Lipinski definition) is 1. The van der Waals surface area contributed by atoms with Gasteiger partial charge in [-0.25, -0.2) is 4.98 Å². The molecule has 1 amide bonds. The van der Waals surface area contributed by atoms with Gasteiger partial charge in [0.15, 0.2) is 0 Å². The Morgan fingerprint density at radius 1 is 0.964 bits per heavy atom. The van der Waals surface area contributed by atoms with Crippen LogP contribution in [0.1, 0.15) is 66.9 Å². The summed E-state index contributed by atoms with van der Waals surface area (Å²) < 4.78 is 0. The summed E-state index contributed by atoms with van der Waals surface area (Å²) in [6, 6.07) is 16.6. The number of anilines is 1. The summed E-state index contributed by atoms with van der Waals surface area (Å²) >= 11 is 1.62. The summed E-state index contributed by atoms with van der Waals surface area (Å²) in [6.07, 6.45) is 1.11. The summed E-state index contributed by atoms with van der Waals surface area (Å²) in [4.78, 5) is 17.4. The highest BCUT2D eigenvalue weighted by Crippen LogP contribution is 2.32. The maximum atomic E-state index is 12.8. The van der Waals surface area contributed by atoms with Gasteiger partial charge in [-0.2, -0.15) is 0 Å². The van der Waals surface area contributed by atoms with Crippen LogP contribution in [-0.2, 0) is 17.6 Å². The molecule has 0 spiro atoms. The molecule has 0 fully saturated rings. The molecule has 146 valence electrons. The van der Waals surface area contributed by atoms with Crippen molar-refractivity contribution in [2.75, 3.05) is 5.32 Å². The molecule has 0 aliphatic rings. The second kappa shape index (κ2) is 9.16. The van der Waals surface area contributed by atoms with E-state index >= 15 is 0 Å². The minimum atomic E-state index is -0.00781. The Morgan fingerprint density at radius 2 is 1.61 bits per heavy atom. The number of carbonyl (C=O) groups excluding carboxylic acids is 1. The number of carbonyl (C=O) groups is 1. The normalized spacial score (nSPS) is 11.2. The van der Waals surface area contributed by atoms with Gasteiger partial charge in [-0.15, -0.1) is 11.3 Å². The average Bonchev–Trinajstić information content (AvgIpc) is 3.08. The Labute approximate surface area is 171 Å². The average molecular weight is 393 g/mol. The lowest BCUT2D eigenvalue weighted by Crippen LogP contribution is -2.18. The van der Waals surface area contributed by atoms with Gasteiger partial charge in [-0.1, -0.05) is 76.2 Å². The van der Waals surface area contributed by atoms with Crippen molar-refractivity contribution in [1.29, 1.82) is 0 Å². The van der Waals surface area contributed by atoms with Crippen molar-refractivity contribution < 1.29 is 4.79 Å². The Kier molecular flexibility index (Phi) is 6.63. The van der Waals surface area contributed by atoms with Crippen LogP contribution < -0.4 is 5.32 Å². The molecule has 0 atom stereocenters. The fourth-order valence-electron chi connectivity index (χ4n) is 3.33. The monoisotopic (exact) mass is 392 g/mol. The lowest BCUT2D eigenvalue weighted by molar-refractivity contribution is -0.115.